The van der Waals surface area contributed by atoms with Crippen LogP contribution in [0.4, 0.5) is 5.69 Å². The molecule has 0 aromatic heterocycles. The minimum atomic E-state index is -0.349. The molecule has 3 rings (SSSR count). The third-order valence-corrected chi connectivity index (χ3v) is 5.94. The zero-order chi connectivity index (χ0) is 22.9. The second-order valence-corrected chi connectivity index (χ2v) is 8.38. The van der Waals surface area contributed by atoms with Crippen LogP contribution in [0.2, 0.25) is 0 Å². The second kappa shape index (κ2) is 11.6. The minimum absolute atomic E-state index is 0.119. The maximum absolute atomic E-state index is 13.0. The molecule has 0 heterocycles. The number of carbonyl (C=O) groups is 2. The van der Waals surface area contributed by atoms with Gasteiger partial charge in [-0.25, -0.2) is 0 Å². The summed E-state index contributed by atoms with van der Waals surface area (Å²) in [5.74, 6) is 0.0500. The molecule has 2 amide bonds. The molecule has 2 aromatic rings. The molecule has 32 heavy (non-hydrogen) atoms. The standard InChI is InChI=1S/C25H31N3O3S/c1-3-17-31-22-16-10-8-14-20(22)24(30)27-25(32)28(2)21-15-9-7-13-19(21)23(29)26-18-11-5-4-6-12-18/h7-10,13-16,18H,3-6,11-12,17H2,1-2H3,(H,26,29)(H,27,30,32). The Labute approximate surface area is 195 Å². The van der Waals surface area contributed by atoms with Crippen molar-refractivity contribution in [2.24, 2.45) is 0 Å². The number of thiocarbonyl (C=S) groups is 1. The lowest BCUT2D eigenvalue weighted by Crippen LogP contribution is -2.42. The number of para-hydroxylation sites is 2. The van der Waals surface area contributed by atoms with Crippen LogP contribution in [0.1, 0.15) is 66.2 Å². The molecule has 170 valence electrons. The first kappa shape index (κ1) is 23.7. The summed E-state index contributed by atoms with van der Waals surface area (Å²) in [5.41, 5.74) is 1.59. The normalized spacial score (nSPS) is 13.8. The smallest absolute Gasteiger partial charge is 0.261 e. The molecule has 1 aliphatic carbocycles. The summed E-state index contributed by atoms with van der Waals surface area (Å²) < 4.78 is 5.69. The summed E-state index contributed by atoms with van der Waals surface area (Å²) in [6, 6.07) is 14.6. The van der Waals surface area contributed by atoms with Crippen molar-refractivity contribution in [1.82, 2.24) is 10.6 Å². The maximum Gasteiger partial charge on any atom is 0.261 e. The van der Waals surface area contributed by atoms with Crippen LogP contribution >= 0.6 is 12.2 Å². The van der Waals surface area contributed by atoms with Crippen molar-refractivity contribution in [2.75, 3.05) is 18.6 Å². The van der Waals surface area contributed by atoms with Crippen LogP contribution in [0.3, 0.4) is 0 Å². The third kappa shape index (κ3) is 6.07. The molecule has 0 radical (unpaired) electrons. The predicted molar refractivity (Wildman–Crippen MR) is 131 cm³/mol. The fraction of sp³-hybridized carbons (Fsp3) is 0.400. The molecule has 0 aliphatic heterocycles. The molecule has 2 N–H and O–H groups in total. The van der Waals surface area contributed by atoms with Crippen molar-refractivity contribution < 1.29 is 14.3 Å². The lowest BCUT2D eigenvalue weighted by Gasteiger charge is -2.26. The van der Waals surface area contributed by atoms with E-state index in [0.29, 0.717) is 29.2 Å². The second-order valence-electron chi connectivity index (χ2n) is 7.99. The van der Waals surface area contributed by atoms with Gasteiger partial charge in [0, 0.05) is 13.1 Å². The van der Waals surface area contributed by atoms with Crippen molar-refractivity contribution >= 4 is 34.8 Å². The van der Waals surface area contributed by atoms with Crippen molar-refractivity contribution in [2.45, 2.75) is 51.5 Å². The Balaban J connectivity index is 1.71. The number of hydrogen-bond acceptors (Lipinski definition) is 4. The molecule has 7 heteroatoms. The number of amides is 2. The molecule has 0 spiro atoms. The first-order chi connectivity index (χ1) is 15.5. The van der Waals surface area contributed by atoms with Crippen LogP contribution in [0, 0.1) is 0 Å². The zero-order valence-corrected chi connectivity index (χ0v) is 19.5. The SMILES string of the molecule is CCCOc1ccccc1C(=O)NC(=S)N(C)c1ccccc1C(=O)NC1CCCCC1. The zero-order valence-electron chi connectivity index (χ0n) is 18.7. The topological polar surface area (TPSA) is 70.7 Å². The Morgan fingerprint density at radius 3 is 2.38 bits per heavy atom. The van der Waals surface area contributed by atoms with Crippen LogP contribution in [0.25, 0.3) is 0 Å². The van der Waals surface area contributed by atoms with Gasteiger partial charge in [0.15, 0.2) is 5.11 Å². The minimum Gasteiger partial charge on any atom is -0.493 e. The quantitative estimate of drug-likeness (QED) is 0.595. The third-order valence-electron chi connectivity index (χ3n) is 5.57. The van der Waals surface area contributed by atoms with Gasteiger partial charge in [-0.1, -0.05) is 50.5 Å². The van der Waals surface area contributed by atoms with E-state index in [1.165, 1.54) is 6.42 Å². The van der Waals surface area contributed by atoms with Crippen LogP contribution in [0.15, 0.2) is 48.5 Å². The van der Waals surface area contributed by atoms with Gasteiger partial charge in [0.05, 0.1) is 23.4 Å². The van der Waals surface area contributed by atoms with E-state index in [1.54, 1.807) is 36.2 Å². The molecule has 1 saturated carbocycles. The predicted octanol–water partition coefficient (Wildman–Crippen LogP) is 4.69. The molecular weight excluding hydrogens is 422 g/mol. The molecule has 0 bridgehead atoms. The van der Waals surface area contributed by atoms with Crippen molar-refractivity contribution in [3.63, 3.8) is 0 Å². The summed E-state index contributed by atoms with van der Waals surface area (Å²) in [5, 5.41) is 6.12. The van der Waals surface area contributed by atoms with Gasteiger partial charge in [0.1, 0.15) is 5.75 Å². The van der Waals surface area contributed by atoms with Gasteiger partial charge < -0.3 is 15.0 Å². The van der Waals surface area contributed by atoms with Crippen molar-refractivity contribution in [3.05, 3.63) is 59.7 Å². The largest absolute Gasteiger partial charge is 0.493 e. The van der Waals surface area contributed by atoms with Gasteiger partial charge in [-0.15, -0.1) is 0 Å². The lowest BCUT2D eigenvalue weighted by molar-refractivity contribution is 0.0927. The van der Waals surface area contributed by atoms with E-state index in [4.69, 9.17) is 17.0 Å². The fourth-order valence-electron chi connectivity index (χ4n) is 3.82. The average molecular weight is 454 g/mol. The van der Waals surface area contributed by atoms with E-state index in [1.807, 2.05) is 31.2 Å². The number of nitrogens with one attached hydrogen (secondary N) is 2. The molecule has 0 unspecified atom stereocenters. The summed E-state index contributed by atoms with van der Waals surface area (Å²) >= 11 is 5.49. The number of rotatable bonds is 7. The highest BCUT2D eigenvalue weighted by Crippen LogP contribution is 2.23. The number of nitrogens with zero attached hydrogens (tertiary/aromatic N) is 1. The van der Waals surface area contributed by atoms with E-state index in [2.05, 4.69) is 10.6 Å². The van der Waals surface area contributed by atoms with Crippen LogP contribution in [-0.4, -0.2) is 36.6 Å². The molecule has 6 nitrogen and oxygen atoms in total. The van der Waals surface area contributed by atoms with E-state index in [0.717, 1.165) is 32.1 Å². The highest BCUT2D eigenvalue weighted by molar-refractivity contribution is 7.80. The number of carbonyl (C=O) groups excluding carboxylic acids is 2. The molecule has 0 atom stereocenters. The number of ether oxygens (including phenoxy) is 1. The summed E-state index contributed by atoms with van der Waals surface area (Å²) in [4.78, 5) is 27.5. The Hall–Kier alpha value is -2.93. The van der Waals surface area contributed by atoms with Crippen LogP contribution in [-0.2, 0) is 0 Å². The van der Waals surface area contributed by atoms with E-state index < -0.39 is 0 Å². The molecule has 1 aliphatic rings. The van der Waals surface area contributed by atoms with Crippen molar-refractivity contribution in [1.29, 1.82) is 0 Å². The highest BCUT2D eigenvalue weighted by Gasteiger charge is 2.22. The van der Waals surface area contributed by atoms with Gasteiger partial charge in [-0.05, 0) is 55.7 Å². The van der Waals surface area contributed by atoms with Crippen molar-refractivity contribution in [3.8, 4) is 5.75 Å². The summed E-state index contributed by atoms with van der Waals surface area (Å²) in [6.07, 6.45) is 6.39. The Morgan fingerprint density at radius 2 is 1.66 bits per heavy atom. The number of anilines is 1. The van der Waals surface area contributed by atoms with E-state index >= 15 is 0 Å². The van der Waals surface area contributed by atoms with Gasteiger partial charge in [0.25, 0.3) is 11.8 Å². The highest BCUT2D eigenvalue weighted by atomic mass is 32.1. The summed E-state index contributed by atoms with van der Waals surface area (Å²) in [6.45, 7) is 2.53. The van der Waals surface area contributed by atoms with Crippen LogP contribution in [0.5, 0.6) is 5.75 Å². The molecular formula is C25H31N3O3S. The Bertz CT molecular complexity index is 957. The lowest BCUT2D eigenvalue weighted by atomic mass is 9.95. The Kier molecular flexibility index (Phi) is 8.62. The van der Waals surface area contributed by atoms with Gasteiger partial charge in [0.2, 0.25) is 0 Å². The average Bonchev–Trinajstić information content (AvgIpc) is 2.83. The number of benzene rings is 2. The van der Waals surface area contributed by atoms with E-state index in [9.17, 15) is 9.59 Å². The van der Waals surface area contributed by atoms with Crippen LogP contribution < -0.4 is 20.3 Å². The fourth-order valence-corrected chi connectivity index (χ4v) is 4.01. The number of hydrogen-bond donors (Lipinski definition) is 2. The Morgan fingerprint density at radius 1 is 1.00 bits per heavy atom. The van der Waals surface area contributed by atoms with Gasteiger partial charge in [-0.3, -0.25) is 14.9 Å². The first-order valence-corrected chi connectivity index (χ1v) is 11.6. The maximum atomic E-state index is 13.0. The van der Waals surface area contributed by atoms with Gasteiger partial charge >= 0.3 is 0 Å². The molecule has 1 fully saturated rings. The first-order valence-electron chi connectivity index (χ1n) is 11.2. The molecule has 2 aromatic carbocycles. The summed E-state index contributed by atoms with van der Waals surface area (Å²) in [7, 11) is 1.74. The van der Waals surface area contributed by atoms with E-state index in [-0.39, 0.29) is 23.0 Å². The van der Waals surface area contributed by atoms with Gasteiger partial charge in [-0.2, -0.15) is 0 Å². The monoisotopic (exact) mass is 453 g/mol. The molecule has 0 saturated heterocycles.